The summed E-state index contributed by atoms with van der Waals surface area (Å²) in [5.41, 5.74) is 4.12. The fraction of sp³-hybridized carbons (Fsp3) is 0. The van der Waals surface area contributed by atoms with Crippen molar-refractivity contribution in [2.45, 2.75) is 0 Å². The first kappa shape index (κ1) is 15.7. The van der Waals surface area contributed by atoms with Crippen molar-refractivity contribution < 1.29 is 4.92 Å². The van der Waals surface area contributed by atoms with Gasteiger partial charge >= 0.3 is 0 Å². The molecule has 0 saturated carbocycles. The second-order valence-electron chi connectivity index (χ2n) is 5.71. The maximum atomic E-state index is 11.1. The third-order valence-electron chi connectivity index (χ3n) is 4.02. The van der Waals surface area contributed by atoms with Gasteiger partial charge in [0.05, 0.1) is 22.0 Å². The normalized spacial score (nSPS) is 10.6. The summed E-state index contributed by atoms with van der Waals surface area (Å²) in [6.07, 6.45) is 3.45. The lowest BCUT2D eigenvalue weighted by Crippen LogP contribution is -2.00. The van der Waals surface area contributed by atoms with Gasteiger partial charge in [-0.15, -0.1) is 0 Å². The molecule has 0 atom stereocenters. The van der Waals surface area contributed by atoms with E-state index in [2.05, 4.69) is 10.1 Å². The Morgan fingerprint density at radius 3 is 2.42 bits per heavy atom. The molecule has 4 aromatic rings. The molecule has 126 valence electrons. The van der Waals surface area contributed by atoms with Crippen molar-refractivity contribution >= 4 is 5.69 Å². The highest BCUT2D eigenvalue weighted by atomic mass is 16.6. The third kappa shape index (κ3) is 2.95. The SMILES string of the molecule is O=[N+]([O-])c1cccc(-n2nc(-c3cccnc3)cc2-c2ccccc2)c1. The van der Waals surface area contributed by atoms with Gasteiger partial charge in [-0.2, -0.15) is 5.10 Å². The minimum absolute atomic E-state index is 0.0277. The van der Waals surface area contributed by atoms with Gasteiger partial charge in [-0.3, -0.25) is 15.1 Å². The number of aromatic nitrogens is 3. The highest BCUT2D eigenvalue weighted by Gasteiger charge is 2.15. The van der Waals surface area contributed by atoms with Crippen molar-refractivity contribution in [1.82, 2.24) is 14.8 Å². The van der Waals surface area contributed by atoms with Crippen molar-refractivity contribution in [3.05, 3.63) is 95.3 Å². The van der Waals surface area contributed by atoms with Crippen LogP contribution in [-0.4, -0.2) is 19.7 Å². The number of nitro groups is 1. The number of hydrogen-bond acceptors (Lipinski definition) is 4. The number of nitrogens with zero attached hydrogens (tertiary/aromatic N) is 4. The van der Waals surface area contributed by atoms with Crippen molar-refractivity contribution in [3.63, 3.8) is 0 Å². The molecule has 6 nitrogen and oxygen atoms in total. The zero-order valence-electron chi connectivity index (χ0n) is 13.7. The molecule has 0 radical (unpaired) electrons. The smallest absolute Gasteiger partial charge is 0.264 e. The van der Waals surface area contributed by atoms with Crippen LogP contribution in [0, 0.1) is 10.1 Å². The van der Waals surface area contributed by atoms with E-state index >= 15 is 0 Å². The minimum atomic E-state index is -0.406. The Labute approximate surface area is 149 Å². The molecule has 0 N–H and O–H groups in total. The molecular formula is C20H14N4O2. The maximum Gasteiger partial charge on any atom is 0.271 e. The van der Waals surface area contributed by atoms with E-state index in [1.165, 1.54) is 12.1 Å². The molecular weight excluding hydrogens is 328 g/mol. The average molecular weight is 342 g/mol. The van der Waals surface area contributed by atoms with Gasteiger partial charge in [-0.25, -0.2) is 4.68 Å². The Morgan fingerprint density at radius 2 is 1.69 bits per heavy atom. The van der Waals surface area contributed by atoms with E-state index in [0.717, 1.165) is 22.5 Å². The molecule has 26 heavy (non-hydrogen) atoms. The fourth-order valence-corrected chi connectivity index (χ4v) is 2.79. The van der Waals surface area contributed by atoms with E-state index in [9.17, 15) is 10.1 Å². The molecule has 4 rings (SSSR count). The zero-order chi connectivity index (χ0) is 17.9. The molecule has 0 fully saturated rings. The predicted molar refractivity (Wildman–Crippen MR) is 98.9 cm³/mol. The standard InChI is InChI=1S/C20H14N4O2/c25-24(26)18-10-4-9-17(12-18)23-20(15-6-2-1-3-7-15)13-19(22-23)16-8-5-11-21-14-16/h1-14H. The molecule has 0 bridgehead atoms. The zero-order valence-corrected chi connectivity index (χ0v) is 13.7. The molecule has 2 aromatic heterocycles. The van der Waals surface area contributed by atoms with E-state index in [4.69, 9.17) is 0 Å². The van der Waals surface area contributed by atoms with E-state index in [0.29, 0.717) is 5.69 Å². The van der Waals surface area contributed by atoms with Crippen LogP contribution in [0.4, 0.5) is 5.69 Å². The molecule has 0 aliphatic carbocycles. The Morgan fingerprint density at radius 1 is 0.885 bits per heavy atom. The summed E-state index contributed by atoms with van der Waals surface area (Å²) in [5.74, 6) is 0. The highest BCUT2D eigenvalue weighted by Crippen LogP contribution is 2.29. The van der Waals surface area contributed by atoms with Gasteiger partial charge in [0, 0.05) is 35.7 Å². The molecule has 6 heteroatoms. The Hall–Kier alpha value is -3.80. The van der Waals surface area contributed by atoms with Gasteiger partial charge in [-0.1, -0.05) is 36.4 Å². The second kappa shape index (κ2) is 6.60. The van der Waals surface area contributed by atoms with Crippen LogP contribution in [0.15, 0.2) is 85.2 Å². The van der Waals surface area contributed by atoms with E-state index < -0.39 is 4.92 Å². The minimum Gasteiger partial charge on any atom is -0.264 e. The van der Waals surface area contributed by atoms with Crippen LogP contribution in [0.3, 0.4) is 0 Å². The van der Waals surface area contributed by atoms with E-state index in [-0.39, 0.29) is 5.69 Å². The van der Waals surface area contributed by atoms with Gasteiger partial charge < -0.3 is 0 Å². The van der Waals surface area contributed by atoms with Crippen LogP contribution >= 0.6 is 0 Å². The molecule has 0 amide bonds. The number of nitro benzene ring substituents is 1. The summed E-state index contributed by atoms with van der Waals surface area (Å²) in [6.45, 7) is 0. The summed E-state index contributed by atoms with van der Waals surface area (Å²) in [7, 11) is 0. The van der Waals surface area contributed by atoms with Crippen LogP contribution < -0.4 is 0 Å². The number of hydrogen-bond donors (Lipinski definition) is 0. The third-order valence-corrected chi connectivity index (χ3v) is 4.02. The predicted octanol–water partition coefficient (Wildman–Crippen LogP) is 4.51. The van der Waals surface area contributed by atoms with Crippen LogP contribution in [0.5, 0.6) is 0 Å². The lowest BCUT2D eigenvalue weighted by atomic mass is 10.1. The summed E-state index contributed by atoms with van der Waals surface area (Å²) < 4.78 is 1.73. The lowest BCUT2D eigenvalue weighted by Gasteiger charge is -2.07. The first-order chi connectivity index (χ1) is 12.7. The Kier molecular flexibility index (Phi) is 3.99. The summed E-state index contributed by atoms with van der Waals surface area (Å²) in [5, 5.41) is 15.8. The number of rotatable bonds is 4. The molecule has 2 aromatic carbocycles. The number of benzene rings is 2. The highest BCUT2D eigenvalue weighted by molar-refractivity contribution is 5.70. The monoisotopic (exact) mass is 342 g/mol. The molecule has 0 unspecified atom stereocenters. The van der Waals surface area contributed by atoms with Crippen molar-refractivity contribution in [2.24, 2.45) is 0 Å². The van der Waals surface area contributed by atoms with Crippen molar-refractivity contribution in [2.75, 3.05) is 0 Å². The first-order valence-corrected chi connectivity index (χ1v) is 8.03. The Bertz CT molecular complexity index is 1060. The van der Waals surface area contributed by atoms with Crippen LogP contribution in [-0.2, 0) is 0 Å². The first-order valence-electron chi connectivity index (χ1n) is 8.03. The average Bonchev–Trinajstić information content (AvgIpc) is 3.15. The number of non-ortho nitro benzene ring substituents is 1. The largest absolute Gasteiger partial charge is 0.271 e. The fourth-order valence-electron chi connectivity index (χ4n) is 2.79. The van der Waals surface area contributed by atoms with Gasteiger partial charge in [0.2, 0.25) is 0 Å². The van der Waals surface area contributed by atoms with Gasteiger partial charge in [-0.05, 0) is 24.3 Å². The lowest BCUT2D eigenvalue weighted by molar-refractivity contribution is -0.384. The maximum absolute atomic E-state index is 11.1. The van der Waals surface area contributed by atoms with Gasteiger partial charge in [0.15, 0.2) is 0 Å². The summed E-state index contributed by atoms with van der Waals surface area (Å²) in [6, 6.07) is 22.0. The molecule has 0 aliphatic rings. The van der Waals surface area contributed by atoms with Gasteiger partial charge in [0.1, 0.15) is 0 Å². The Balaban J connectivity index is 1.91. The molecule has 0 aliphatic heterocycles. The second-order valence-corrected chi connectivity index (χ2v) is 5.71. The molecule has 0 spiro atoms. The van der Waals surface area contributed by atoms with Crippen LogP contribution in [0.25, 0.3) is 28.2 Å². The molecule has 2 heterocycles. The van der Waals surface area contributed by atoms with Crippen molar-refractivity contribution in [1.29, 1.82) is 0 Å². The topological polar surface area (TPSA) is 73.8 Å². The quantitative estimate of drug-likeness (QED) is 0.404. The van der Waals surface area contributed by atoms with Crippen LogP contribution in [0.1, 0.15) is 0 Å². The van der Waals surface area contributed by atoms with E-state index in [1.54, 1.807) is 29.2 Å². The van der Waals surface area contributed by atoms with Gasteiger partial charge in [0.25, 0.3) is 5.69 Å². The van der Waals surface area contributed by atoms with Crippen molar-refractivity contribution in [3.8, 4) is 28.2 Å². The summed E-state index contributed by atoms with van der Waals surface area (Å²) >= 11 is 0. The summed E-state index contributed by atoms with van der Waals surface area (Å²) in [4.78, 5) is 14.9. The van der Waals surface area contributed by atoms with E-state index in [1.807, 2.05) is 48.5 Å². The number of pyridine rings is 1. The molecule has 0 saturated heterocycles. The van der Waals surface area contributed by atoms with Crippen LogP contribution in [0.2, 0.25) is 0 Å².